The molecule has 7 heteroatoms. The Labute approximate surface area is 151 Å². The average Bonchev–Trinajstić information content (AvgIpc) is 3.32. The third-order valence-electron chi connectivity index (χ3n) is 4.29. The number of methoxy groups -OCH3 is 2. The van der Waals surface area contributed by atoms with Crippen LogP contribution < -0.4 is 9.47 Å². The zero-order chi connectivity index (χ0) is 17.8. The van der Waals surface area contributed by atoms with Gasteiger partial charge in [-0.2, -0.15) is 5.10 Å². The van der Waals surface area contributed by atoms with Crippen LogP contribution in [-0.2, 0) is 6.54 Å². The van der Waals surface area contributed by atoms with Crippen LogP contribution in [0, 0.1) is 0 Å². The molecule has 0 fully saturated rings. The maximum absolute atomic E-state index is 5.53. The predicted octanol–water partition coefficient (Wildman–Crippen LogP) is 3.74. The molecule has 3 rings (SSSR count). The van der Waals surface area contributed by atoms with E-state index in [4.69, 9.17) is 9.47 Å². The maximum atomic E-state index is 5.53. The number of hydrogen-bond donors (Lipinski definition) is 1. The molecular formula is C18H22N4O2S. The molecule has 1 atom stereocenters. The first-order valence-electron chi connectivity index (χ1n) is 7.98. The lowest BCUT2D eigenvalue weighted by Crippen LogP contribution is -2.21. The van der Waals surface area contributed by atoms with Gasteiger partial charge in [-0.05, 0) is 26.1 Å². The highest BCUT2D eigenvalue weighted by molar-refractivity contribution is 7.09. The van der Waals surface area contributed by atoms with Gasteiger partial charge in [0.1, 0.15) is 16.5 Å². The van der Waals surface area contributed by atoms with Crippen molar-refractivity contribution in [2.24, 2.45) is 0 Å². The molecule has 2 aromatic heterocycles. The summed E-state index contributed by atoms with van der Waals surface area (Å²) in [5.41, 5.74) is 3.03. The fourth-order valence-corrected chi connectivity index (χ4v) is 3.46. The van der Waals surface area contributed by atoms with E-state index in [1.54, 1.807) is 25.6 Å². The van der Waals surface area contributed by atoms with Gasteiger partial charge >= 0.3 is 0 Å². The van der Waals surface area contributed by atoms with E-state index < -0.39 is 0 Å². The van der Waals surface area contributed by atoms with Crippen LogP contribution in [0.4, 0.5) is 0 Å². The number of benzene rings is 1. The molecule has 0 aliphatic rings. The highest BCUT2D eigenvalue weighted by atomic mass is 32.1. The second kappa shape index (κ2) is 7.67. The lowest BCUT2D eigenvalue weighted by molar-refractivity contribution is 0.253. The van der Waals surface area contributed by atoms with Gasteiger partial charge in [0.05, 0.1) is 32.2 Å². The summed E-state index contributed by atoms with van der Waals surface area (Å²) in [6.07, 6.45) is 3.71. The van der Waals surface area contributed by atoms with Crippen molar-refractivity contribution >= 4 is 11.3 Å². The van der Waals surface area contributed by atoms with Gasteiger partial charge in [0.2, 0.25) is 0 Å². The summed E-state index contributed by atoms with van der Waals surface area (Å²) in [6, 6.07) is 6.02. The van der Waals surface area contributed by atoms with Crippen molar-refractivity contribution in [1.29, 1.82) is 0 Å². The van der Waals surface area contributed by atoms with Crippen LogP contribution in [0.2, 0.25) is 0 Å². The molecule has 25 heavy (non-hydrogen) atoms. The van der Waals surface area contributed by atoms with Crippen molar-refractivity contribution in [3.63, 3.8) is 0 Å². The molecular weight excluding hydrogens is 336 g/mol. The molecule has 0 radical (unpaired) electrons. The number of aromatic nitrogens is 3. The molecule has 3 aromatic rings. The molecule has 132 valence electrons. The van der Waals surface area contributed by atoms with Crippen LogP contribution in [0.25, 0.3) is 11.3 Å². The number of hydrogen-bond acceptors (Lipinski definition) is 6. The predicted molar refractivity (Wildman–Crippen MR) is 99.1 cm³/mol. The first-order valence-corrected chi connectivity index (χ1v) is 8.86. The molecule has 0 saturated carbocycles. The Bertz CT molecular complexity index is 816. The van der Waals surface area contributed by atoms with E-state index in [1.165, 1.54) is 0 Å². The molecule has 0 unspecified atom stereocenters. The number of aromatic amines is 1. The van der Waals surface area contributed by atoms with Gasteiger partial charge in [-0.1, -0.05) is 0 Å². The van der Waals surface area contributed by atoms with E-state index in [1.807, 2.05) is 36.0 Å². The van der Waals surface area contributed by atoms with E-state index in [-0.39, 0.29) is 6.04 Å². The minimum atomic E-state index is 0.237. The first-order chi connectivity index (χ1) is 12.1. The quantitative estimate of drug-likeness (QED) is 0.697. The molecule has 2 heterocycles. The zero-order valence-electron chi connectivity index (χ0n) is 14.8. The van der Waals surface area contributed by atoms with Crippen LogP contribution in [0.15, 0.2) is 36.0 Å². The standard InChI is InChI=1S/C18H22N4O2S/c1-12(18-19-7-8-25-18)22(2)11-13-10-20-21-17(13)15-6-5-14(23-3)9-16(15)24-4/h5-10,12H,11H2,1-4H3,(H,20,21)/t12-/m0/s1. The third kappa shape index (κ3) is 3.67. The number of rotatable bonds is 7. The van der Waals surface area contributed by atoms with Gasteiger partial charge in [-0.15, -0.1) is 11.3 Å². The number of H-pyrrole nitrogens is 1. The summed E-state index contributed by atoms with van der Waals surface area (Å²) in [6.45, 7) is 2.91. The average molecular weight is 358 g/mol. The summed E-state index contributed by atoms with van der Waals surface area (Å²) in [5, 5.41) is 10.5. The number of nitrogens with one attached hydrogen (secondary N) is 1. The Hall–Kier alpha value is -2.38. The van der Waals surface area contributed by atoms with Crippen LogP contribution in [-0.4, -0.2) is 41.3 Å². The minimum absolute atomic E-state index is 0.237. The van der Waals surface area contributed by atoms with Crippen LogP contribution >= 0.6 is 11.3 Å². The van der Waals surface area contributed by atoms with Crippen molar-refractivity contribution in [3.05, 3.63) is 46.5 Å². The lowest BCUT2D eigenvalue weighted by atomic mass is 10.1. The maximum Gasteiger partial charge on any atom is 0.131 e. The monoisotopic (exact) mass is 358 g/mol. The van der Waals surface area contributed by atoms with Crippen molar-refractivity contribution in [1.82, 2.24) is 20.1 Å². The molecule has 1 N–H and O–H groups in total. The molecule has 1 aromatic carbocycles. The Morgan fingerprint density at radius 3 is 2.80 bits per heavy atom. The largest absolute Gasteiger partial charge is 0.497 e. The highest BCUT2D eigenvalue weighted by Gasteiger charge is 2.19. The molecule has 6 nitrogen and oxygen atoms in total. The normalized spacial score (nSPS) is 12.4. The van der Waals surface area contributed by atoms with E-state index in [2.05, 4.69) is 34.1 Å². The van der Waals surface area contributed by atoms with Gasteiger partial charge in [-0.3, -0.25) is 10.00 Å². The fourth-order valence-electron chi connectivity index (χ4n) is 2.70. The van der Waals surface area contributed by atoms with Crippen LogP contribution in [0.1, 0.15) is 23.5 Å². The summed E-state index contributed by atoms with van der Waals surface area (Å²) < 4.78 is 10.8. The Morgan fingerprint density at radius 1 is 1.28 bits per heavy atom. The second-order valence-corrected chi connectivity index (χ2v) is 6.72. The summed E-state index contributed by atoms with van der Waals surface area (Å²) in [5.74, 6) is 1.51. The van der Waals surface area contributed by atoms with E-state index in [9.17, 15) is 0 Å². The molecule has 0 aliphatic heterocycles. The first kappa shape index (κ1) is 17.4. The fraction of sp³-hybridized carbons (Fsp3) is 0.333. The van der Waals surface area contributed by atoms with Crippen molar-refractivity contribution in [2.45, 2.75) is 19.5 Å². The number of nitrogens with zero attached hydrogens (tertiary/aromatic N) is 3. The summed E-state index contributed by atoms with van der Waals surface area (Å²) in [7, 11) is 5.39. The van der Waals surface area contributed by atoms with Crippen molar-refractivity contribution in [2.75, 3.05) is 21.3 Å². The Morgan fingerprint density at radius 2 is 2.12 bits per heavy atom. The van der Waals surface area contributed by atoms with Gasteiger partial charge < -0.3 is 9.47 Å². The minimum Gasteiger partial charge on any atom is -0.497 e. The summed E-state index contributed by atoms with van der Waals surface area (Å²) in [4.78, 5) is 6.67. The highest BCUT2D eigenvalue weighted by Crippen LogP contribution is 2.34. The Kier molecular flexibility index (Phi) is 5.35. The van der Waals surface area contributed by atoms with Crippen molar-refractivity contribution < 1.29 is 9.47 Å². The molecule has 0 spiro atoms. The molecule has 0 saturated heterocycles. The third-order valence-corrected chi connectivity index (χ3v) is 5.23. The van der Waals surface area contributed by atoms with E-state index in [0.717, 1.165) is 39.9 Å². The number of ether oxygens (including phenoxy) is 2. The molecule has 0 aliphatic carbocycles. The SMILES string of the molecule is COc1ccc(-c2[nH]ncc2CN(C)[C@@H](C)c2nccs2)c(OC)c1. The zero-order valence-corrected chi connectivity index (χ0v) is 15.6. The Balaban J connectivity index is 1.86. The van der Waals surface area contributed by atoms with Crippen LogP contribution in [0.5, 0.6) is 11.5 Å². The molecule has 0 bridgehead atoms. The topological polar surface area (TPSA) is 63.3 Å². The lowest BCUT2D eigenvalue weighted by Gasteiger charge is -2.23. The van der Waals surface area contributed by atoms with Gasteiger partial charge in [0, 0.05) is 35.3 Å². The van der Waals surface area contributed by atoms with Crippen molar-refractivity contribution in [3.8, 4) is 22.8 Å². The van der Waals surface area contributed by atoms with Crippen LogP contribution in [0.3, 0.4) is 0 Å². The van der Waals surface area contributed by atoms with Gasteiger partial charge in [0.15, 0.2) is 0 Å². The second-order valence-electron chi connectivity index (χ2n) is 5.80. The smallest absolute Gasteiger partial charge is 0.131 e. The van der Waals surface area contributed by atoms with E-state index in [0.29, 0.717) is 0 Å². The molecule has 0 amide bonds. The summed E-state index contributed by atoms with van der Waals surface area (Å²) >= 11 is 1.67. The van der Waals surface area contributed by atoms with E-state index >= 15 is 0 Å². The van der Waals surface area contributed by atoms with Gasteiger partial charge in [0.25, 0.3) is 0 Å². The van der Waals surface area contributed by atoms with Gasteiger partial charge in [-0.25, -0.2) is 4.98 Å². The number of thiazole rings is 1.